The predicted octanol–water partition coefficient (Wildman–Crippen LogP) is 4.46. The van der Waals surface area contributed by atoms with Crippen molar-refractivity contribution in [3.05, 3.63) is 0 Å². The second-order valence-corrected chi connectivity index (χ2v) is 6.67. The van der Waals surface area contributed by atoms with Crippen molar-refractivity contribution in [2.75, 3.05) is 13.2 Å². The highest BCUT2D eigenvalue weighted by molar-refractivity contribution is 7.81. The monoisotopic (exact) mass is 256 g/mol. The molecule has 0 heterocycles. The minimum atomic E-state index is -3.35. The van der Waals surface area contributed by atoms with Crippen molar-refractivity contribution in [3.8, 4) is 0 Å². The van der Waals surface area contributed by atoms with Gasteiger partial charge in [0.2, 0.25) is 0 Å². The minimum absolute atomic E-state index is 0.351. The van der Waals surface area contributed by atoms with Crippen molar-refractivity contribution in [1.29, 1.82) is 0 Å². The Hall–Kier alpha value is 0.440. The van der Waals surface area contributed by atoms with Gasteiger partial charge in [0.1, 0.15) is 0 Å². The minimum Gasteiger partial charge on any atom is -0.297 e. The Morgan fingerprint density at radius 2 is 1.40 bits per heavy atom. The number of hydrogen-bond acceptors (Lipinski definition) is 3. The van der Waals surface area contributed by atoms with Crippen LogP contribution in [-0.4, -0.2) is 13.2 Å². The van der Waals surface area contributed by atoms with Crippen molar-refractivity contribution >= 4 is 18.2 Å². The van der Waals surface area contributed by atoms with Crippen LogP contribution in [0.5, 0.6) is 0 Å². The zero-order valence-corrected chi connectivity index (χ0v) is 11.7. The summed E-state index contributed by atoms with van der Waals surface area (Å²) >= 11 is 5.65. The molecule has 92 valence electrons. The van der Waals surface area contributed by atoms with Gasteiger partial charge in [0, 0.05) is 11.2 Å². The third kappa shape index (κ3) is 8.27. The Bertz CT molecular complexity index is 193. The molecule has 0 saturated carbocycles. The molecule has 0 aromatic carbocycles. The van der Waals surface area contributed by atoms with Crippen LogP contribution in [0.2, 0.25) is 0 Å². The molecule has 0 amide bonds. The smallest absolute Gasteiger partial charge is 0.297 e. The maximum absolute atomic E-state index is 11.6. The lowest BCUT2D eigenvalue weighted by Gasteiger charge is -2.16. The second kappa shape index (κ2) is 7.67. The van der Waals surface area contributed by atoms with Crippen LogP contribution < -0.4 is 0 Å². The topological polar surface area (TPSA) is 35.5 Å². The highest BCUT2D eigenvalue weighted by atomic mass is 35.7. The molecule has 0 spiro atoms. The molecule has 0 aromatic heterocycles. The molecule has 0 unspecified atom stereocenters. The number of hydrogen-bond donors (Lipinski definition) is 0. The molecule has 0 aliphatic heterocycles. The standard InChI is InChI=1S/C10H22ClO3P/c1-5-9(3)7-13-15(11,12)14-8-10(4)6-2/h9-10H,5-8H2,1-4H3/t9-,10-/m0/s1. The van der Waals surface area contributed by atoms with Gasteiger partial charge in [0.25, 0.3) is 0 Å². The van der Waals surface area contributed by atoms with Crippen molar-refractivity contribution in [2.45, 2.75) is 40.5 Å². The van der Waals surface area contributed by atoms with E-state index in [0.29, 0.717) is 25.0 Å². The van der Waals surface area contributed by atoms with E-state index in [1.807, 2.05) is 27.7 Å². The van der Waals surface area contributed by atoms with Gasteiger partial charge in [-0.2, -0.15) is 0 Å². The van der Waals surface area contributed by atoms with Crippen LogP contribution in [0.25, 0.3) is 0 Å². The maximum atomic E-state index is 11.6. The van der Waals surface area contributed by atoms with Crippen LogP contribution in [0, 0.1) is 11.8 Å². The van der Waals surface area contributed by atoms with E-state index in [9.17, 15) is 4.57 Å². The van der Waals surface area contributed by atoms with Crippen LogP contribution >= 0.6 is 18.2 Å². The summed E-state index contributed by atoms with van der Waals surface area (Å²) in [5, 5.41) is 0. The van der Waals surface area contributed by atoms with E-state index in [0.717, 1.165) is 12.8 Å². The molecule has 5 heteroatoms. The van der Waals surface area contributed by atoms with Gasteiger partial charge in [0.05, 0.1) is 13.2 Å². The third-order valence-corrected chi connectivity index (χ3v) is 3.92. The molecule has 0 N–H and O–H groups in total. The van der Waals surface area contributed by atoms with E-state index in [1.165, 1.54) is 0 Å². The van der Waals surface area contributed by atoms with E-state index in [2.05, 4.69) is 0 Å². The van der Waals surface area contributed by atoms with Gasteiger partial charge in [-0.1, -0.05) is 40.5 Å². The fourth-order valence-electron chi connectivity index (χ4n) is 0.706. The second-order valence-electron chi connectivity index (χ2n) is 4.05. The quantitative estimate of drug-likeness (QED) is 0.602. The van der Waals surface area contributed by atoms with Crippen molar-refractivity contribution < 1.29 is 13.6 Å². The number of halogens is 1. The van der Waals surface area contributed by atoms with Gasteiger partial charge in [-0.3, -0.25) is 9.05 Å². The SMILES string of the molecule is CC[C@H](C)COP(=O)(Cl)OC[C@@H](C)CC. The van der Waals surface area contributed by atoms with Crippen molar-refractivity contribution in [3.63, 3.8) is 0 Å². The highest BCUT2D eigenvalue weighted by Crippen LogP contribution is 2.54. The lowest BCUT2D eigenvalue weighted by atomic mass is 10.1. The van der Waals surface area contributed by atoms with Gasteiger partial charge < -0.3 is 0 Å². The first kappa shape index (κ1) is 15.4. The first-order chi connectivity index (χ1) is 6.91. The molecule has 0 bridgehead atoms. The molecule has 0 rings (SSSR count). The molecular weight excluding hydrogens is 235 g/mol. The fourth-order valence-corrected chi connectivity index (χ4v) is 1.98. The van der Waals surface area contributed by atoms with Gasteiger partial charge in [-0.25, -0.2) is 4.57 Å². The lowest BCUT2D eigenvalue weighted by Crippen LogP contribution is -2.06. The van der Waals surface area contributed by atoms with Crippen molar-refractivity contribution in [2.24, 2.45) is 11.8 Å². The summed E-state index contributed by atoms with van der Waals surface area (Å²) in [6.45, 7) is 5.56. The Balaban J connectivity index is 3.81. The van der Waals surface area contributed by atoms with Crippen LogP contribution in [0.1, 0.15) is 40.5 Å². The van der Waals surface area contributed by atoms with Crippen molar-refractivity contribution in [1.82, 2.24) is 0 Å². The van der Waals surface area contributed by atoms with Crippen LogP contribution in [0.3, 0.4) is 0 Å². The van der Waals surface area contributed by atoms with Gasteiger partial charge in [0.15, 0.2) is 0 Å². The summed E-state index contributed by atoms with van der Waals surface area (Å²) in [6, 6.07) is 0. The molecule has 0 saturated heterocycles. The zero-order valence-electron chi connectivity index (χ0n) is 10.0. The average Bonchev–Trinajstić information content (AvgIpc) is 2.22. The summed E-state index contributed by atoms with van der Waals surface area (Å²) < 4.78 is 21.7. The predicted molar refractivity (Wildman–Crippen MR) is 64.3 cm³/mol. The maximum Gasteiger partial charge on any atom is 0.424 e. The van der Waals surface area contributed by atoms with E-state index < -0.39 is 6.95 Å². The van der Waals surface area contributed by atoms with E-state index in [-0.39, 0.29) is 0 Å². The van der Waals surface area contributed by atoms with E-state index >= 15 is 0 Å². The molecular formula is C10H22ClO3P. The molecule has 0 aliphatic rings. The molecule has 0 fully saturated rings. The van der Waals surface area contributed by atoms with Crippen LogP contribution in [0.4, 0.5) is 0 Å². The molecule has 3 nitrogen and oxygen atoms in total. The Morgan fingerprint density at radius 1 is 1.07 bits per heavy atom. The molecule has 15 heavy (non-hydrogen) atoms. The molecule has 0 aromatic rings. The Morgan fingerprint density at radius 3 is 1.67 bits per heavy atom. The summed E-state index contributed by atoms with van der Waals surface area (Å²) in [5.74, 6) is 0.702. The Labute approximate surface area is 97.8 Å². The lowest BCUT2D eigenvalue weighted by molar-refractivity contribution is 0.176. The zero-order chi connectivity index (χ0) is 11.9. The van der Waals surface area contributed by atoms with Gasteiger partial charge >= 0.3 is 6.95 Å². The Kier molecular flexibility index (Phi) is 7.90. The summed E-state index contributed by atoms with van der Waals surface area (Å²) in [7, 11) is 0. The first-order valence-corrected chi connectivity index (χ1v) is 7.94. The molecule has 0 aliphatic carbocycles. The fraction of sp³-hybridized carbons (Fsp3) is 1.00. The third-order valence-electron chi connectivity index (χ3n) is 2.42. The highest BCUT2D eigenvalue weighted by Gasteiger charge is 2.22. The normalized spacial score (nSPS) is 16.3. The summed E-state index contributed by atoms with van der Waals surface area (Å²) in [5.41, 5.74) is 0. The van der Waals surface area contributed by atoms with Crippen LogP contribution in [0.15, 0.2) is 0 Å². The molecule has 2 atom stereocenters. The van der Waals surface area contributed by atoms with Gasteiger partial charge in [-0.05, 0) is 11.8 Å². The molecule has 0 radical (unpaired) electrons. The number of rotatable bonds is 8. The van der Waals surface area contributed by atoms with E-state index in [1.54, 1.807) is 0 Å². The summed E-state index contributed by atoms with van der Waals surface area (Å²) in [4.78, 5) is 0. The first-order valence-electron chi connectivity index (χ1n) is 5.50. The van der Waals surface area contributed by atoms with Gasteiger partial charge in [-0.15, -0.1) is 0 Å². The largest absolute Gasteiger partial charge is 0.424 e. The summed E-state index contributed by atoms with van der Waals surface area (Å²) in [6.07, 6.45) is 1.95. The van der Waals surface area contributed by atoms with Crippen LogP contribution in [-0.2, 0) is 13.6 Å². The average molecular weight is 257 g/mol. The van der Waals surface area contributed by atoms with E-state index in [4.69, 9.17) is 20.3 Å².